The highest BCUT2D eigenvalue weighted by molar-refractivity contribution is 7.98. The minimum Gasteiger partial charge on any atom is -0.458 e. The van der Waals surface area contributed by atoms with Crippen molar-refractivity contribution in [2.45, 2.75) is 143 Å². The number of nitrogens with one attached hydrogen (secondary N) is 2. The molecule has 51 heavy (non-hydrogen) atoms. The van der Waals surface area contributed by atoms with Crippen molar-refractivity contribution in [1.29, 1.82) is 0 Å². The highest BCUT2D eigenvalue weighted by atomic mass is 32.2. The quantitative estimate of drug-likeness (QED) is 0.111. The number of carbonyl (C=O) groups is 4. The summed E-state index contributed by atoms with van der Waals surface area (Å²) in [5.74, 6) is -0.815. The molecule has 10 heteroatoms. The summed E-state index contributed by atoms with van der Waals surface area (Å²) in [6.07, 6.45) is 7.74. The number of unbranched alkanes of at least 4 members (excludes halogenated alkanes) is 5. The van der Waals surface area contributed by atoms with E-state index in [0.717, 1.165) is 48.8 Å². The van der Waals surface area contributed by atoms with Crippen molar-refractivity contribution in [2.24, 2.45) is 0 Å². The summed E-state index contributed by atoms with van der Waals surface area (Å²) in [6.45, 7) is 17.1. The van der Waals surface area contributed by atoms with E-state index < -0.39 is 47.3 Å². The molecule has 3 atom stereocenters. The number of thioether (sulfide) groups is 1. The summed E-state index contributed by atoms with van der Waals surface area (Å²) in [7, 11) is 0. The molecular formula is C41H63N3O6S. The molecule has 0 aliphatic heterocycles. The lowest BCUT2D eigenvalue weighted by molar-refractivity contribution is -0.159. The molecule has 0 heterocycles. The molecule has 0 bridgehead atoms. The molecule has 2 aromatic carbocycles. The summed E-state index contributed by atoms with van der Waals surface area (Å²) in [6, 6.07) is 12.2. The number of aryl methyl sites for hydroxylation is 1. The number of ether oxygens (including phenoxy) is 2. The van der Waals surface area contributed by atoms with Crippen LogP contribution in [-0.2, 0) is 30.3 Å². The molecule has 284 valence electrons. The van der Waals surface area contributed by atoms with E-state index >= 15 is 0 Å². The highest BCUT2D eigenvalue weighted by Gasteiger charge is 2.39. The highest BCUT2D eigenvalue weighted by Crippen LogP contribution is 2.29. The van der Waals surface area contributed by atoms with E-state index in [1.165, 1.54) is 0 Å². The predicted octanol–water partition coefficient (Wildman–Crippen LogP) is 8.25. The molecule has 0 fully saturated rings. The molecule has 2 N–H and O–H groups in total. The Balaban J connectivity index is 2.67. The van der Waals surface area contributed by atoms with Crippen LogP contribution in [0.5, 0.6) is 0 Å². The van der Waals surface area contributed by atoms with Crippen LogP contribution in [0.4, 0.5) is 4.79 Å². The number of nitrogens with zero attached hydrogens (tertiary/aromatic N) is 1. The molecule has 0 aliphatic rings. The summed E-state index contributed by atoms with van der Waals surface area (Å²) in [5, 5.41) is 5.84. The lowest BCUT2D eigenvalue weighted by Crippen LogP contribution is -2.55. The molecule has 0 aromatic heterocycles. The van der Waals surface area contributed by atoms with Gasteiger partial charge in [-0.1, -0.05) is 87.6 Å². The molecule has 3 amide bonds. The van der Waals surface area contributed by atoms with E-state index in [0.29, 0.717) is 24.2 Å². The molecule has 9 nitrogen and oxygen atoms in total. The zero-order valence-electron chi connectivity index (χ0n) is 32.7. The zero-order valence-corrected chi connectivity index (χ0v) is 33.5. The van der Waals surface area contributed by atoms with Gasteiger partial charge in [-0.15, -0.1) is 0 Å². The molecule has 0 radical (unpaired) electrons. The monoisotopic (exact) mass is 725 g/mol. The SMILES string of the molecule is CCCCCCCCN(C(=O)C(CCSC)NC(=O)OC(C)(C)C)C(C(=O)NC(Cc1ccccc1)C(=O)OC(C)(C)C)c1cccc(C)c1C. The van der Waals surface area contributed by atoms with Gasteiger partial charge in [-0.05, 0) is 102 Å². The van der Waals surface area contributed by atoms with Crippen molar-refractivity contribution in [3.05, 3.63) is 70.8 Å². The molecule has 2 aromatic rings. The fourth-order valence-corrected chi connectivity index (χ4v) is 6.23. The Morgan fingerprint density at radius 1 is 0.784 bits per heavy atom. The van der Waals surface area contributed by atoms with Gasteiger partial charge in [-0.25, -0.2) is 9.59 Å². The molecule has 0 saturated heterocycles. The van der Waals surface area contributed by atoms with Crippen LogP contribution in [0.2, 0.25) is 0 Å². The minimum atomic E-state index is -1.08. The fourth-order valence-electron chi connectivity index (χ4n) is 5.76. The van der Waals surface area contributed by atoms with Crippen molar-refractivity contribution >= 4 is 35.6 Å². The first kappa shape index (κ1) is 43.6. The van der Waals surface area contributed by atoms with Gasteiger partial charge in [0.2, 0.25) is 11.8 Å². The first-order valence-corrected chi connectivity index (χ1v) is 19.8. The number of benzene rings is 2. The van der Waals surface area contributed by atoms with Crippen molar-refractivity contribution in [3.8, 4) is 0 Å². The van der Waals surface area contributed by atoms with Crippen LogP contribution >= 0.6 is 11.8 Å². The molecule has 0 spiro atoms. The molecule has 2 rings (SSSR count). The topological polar surface area (TPSA) is 114 Å². The Hall–Kier alpha value is -3.53. The van der Waals surface area contributed by atoms with Crippen molar-refractivity contribution in [1.82, 2.24) is 15.5 Å². The summed E-state index contributed by atoms with van der Waals surface area (Å²) >= 11 is 1.57. The Bertz CT molecular complexity index is 1400. The van der Waals surface area contributed by atoms with Crippen LogP contribution in [0.1, 0.15) is 122 Å². The van der Waals surface area contributed by atoms with Crippen molar-refractivity contribution < 1.29 is 28.7 Å². The van der Waals surface area contributed by atoms with Gasteiger partial charge in [0.15, 0.2) is 0 Å². The van der Waals surface area contributed by atoms with E-state index in [4.69, 9.17) is 9.47 Å². The molecular weight excluding hydrogens is 663 g/mol. The largest absolute Gasteiger partial charge is 0.458 e. The lowest BCUT2D eigenvalue weighted by Gasteiger charge is -2.36. The predicted molar refractivity (Wildman–Crippen MR) is 208 cm³/mol. The number of hydrogen-bond acceptors (Lipinski definition) is 7. The van der Waals surface area contributed by atoms with E-state index in [1.54, 1.807) is 58.2 Å². The number of amides is 3. The second-order valence-corrected chi connectivity index (χ2v) is 16.2. The lowest BCUT2D eigenvalue weighted by atomic mass is 9.94. The molecule has 0 aliphatic carbocycles. The van der Waals surface area contributed by atoms with E-state index in [9.17, 15) is 19.2 Å². The smallest absolute Gasteiger partial charge is 0.408 e. The summed E-state index contributed by atoms with van der Waals surface area (Å²) < 4.78 is 11.3. The van der Waals surface area contributed by atoms with E-state index in [-0.39, 0.29) is 18.9 Å². The van der Waals surface area contributed by atoms with E-state index in [1.807, 2.05) is 68.6 Å². The van der Waals surface area contributed by atoms with Gasteiger partial charge >= 0.3 is 12.1 Å². The third-order valence-electron chi connectivity index (χ3n) is 8.43. The van der Waals surface area contributed by atoms with Gasteiger partial charge in [0.05, 0.1) is 0 Å². The standard InChI is InChI=1S/C41H63N3O6S/c1-11-12-13-14-15-19-26-44(37(46)33(25-27-51-10)43-39(48)50-41(7,8)9)35(32-24-20-21-29(2)30(32)3)36(45)42-34(38(47)49-40(4,5)6)28-31-22-17-16-18-23-31/h16-18,20-24,33-35H,11-15,19,25-28H2,1-10H3,(H,42,45)(H,43,48). The van der Waals surface area contributed by atoms with Crippen LogP contribution < -0.4 is 10.6 Å². The fraction of sp³-hybridized carbons (Fsp3) is 0.610. The van der Waals surface area contributed by atoms with Gasteiger partial charge < -0.3 is 25.0 Å². The van der Waals surface area contributed by atoms with Crippen LogP contribution in [-0.4, -0.2) is 70.6 Å². The Morgan fingerprint density at radius 3 is 2.02 bits per heavy atom. The second kappa shape index (κ2) is 21.1. The van der Waals surface area contributed by atoms with E-state index in [2.05, 4.69) is 17.6 Å². The van der Waals surface area contributed by atoms with Gasteiger partial charge in [-0.3, -0.25) is 9.59 Å². The van der Waals surface area contributed by atoms with Crippen LogP contribution in [0.15, 0.2) is 48.5 Å². The maximum atomic E-state index is 14.8. The summed E-state index contributed by atoms with van der Waals surface area (Å²) in [5.41, 5.74) is 1.82. The van der Waals surface area contributed by atoms with Gasteiger partial charge in [0.1, 0.15) is 29.3 Å². The third-order valence-corrected chi connectivity index (χ3v) is 9.07. The minimum absolute atomic E-state index is 0.211. The summed E-state index contributed by atoms with van der Waals surface area (Å²) in [4.78, 5) is 57.9. The third kappa shape index (κ3) is 15.7. The Labute approximate surface area is 311 Å². The second-order valence-electron chi connectivity index (χ2n) is 15.3. The maximum Gasteiger partial charge on any atom is 0.408 e. The maximum absolute atomic E-state index is 14.8. The van der Waals surface area contributed by atoms with Gasteiger partial charge in [0.25, 0.3) is 0 Å². The molecule has 0 saturated carbocycles. The average Bonchev–Trinajstić information content (AvgIpc) is 3.04. The number of alkyl carbamates (subject to hydrolysis) is 1. The average molecular weight is 726 g/mol. The Morgan fingerprint density at radius 2 is 1.41 bits per heavy atom. The zero-order chi connectivity index (χ0) is 38.2. The van der Waals surface area contributed by atoms with Gasteiger partial charge in [0, 0.05) is 13.0 Å². The first-order valence-electron chi connectivity index (χ1n) is 18.4. The van der Waals surface area contributed by atoms with Crippen LogP contribution in [0.25, 0.3) is 0 Å². The number of rotatable bonds is 19. The van der Waals surface area contributed by atoms with Gasteiger partial charge in [-0.2, -0.15) is 11.8 Å². The van der Waals surface area contributed by atoms with Crippen LogP contribution in [0.3, 0.4) is 0 Å². The Kier molecular flexibility index (Phi) is 18.1. The number of carbonyl (C=O) groups excluding carboxylic acids is 4. The number of hydrogen-bond donors (Lipinski definition) is 2. The first-order chi connectivity index (χ1) is 24.0. The van der Waals surface area contributed by atoms with Crippen LogP contribution in [0, 0.1) is 13.8 Å². The normalized spacial score (nSPS) is 13.5. The molecule has 3 unspecified atom stereocenters. The van der Waals surface area contributed by atoms with Crippen molar-refractivity contribution in [3.63, 3.8) is 0 Å². The number of esters is 1. The van der Waals surface area contributed by atoms with Crippen molar-refractivity contribution in [2.75, 3.05) is 18.6 Å².